The van der Waals surface area contributed by atoms with Crippen LogP contribution in [0.25, 0.3) is 0 Å². The van der Waals surface area contributed by atoms with Gasteiger partial charge in [0.1, 0.15) is 6.04 Å². The Hall–Kier alpha value is -1.10. The molecule has 1 fully saturated rings. The summed E-state index contributed by atoms with van der Waals surface area (Å²) in [6.07, 6.45) is 3.36. The molecule has 1 aliphatic carbocycles. The van der Waals surface area contributed by atoms with Crippen molar-refractivity contribution in [3.05, 3.63) is 0 Å². The highest BCUT2D eigenvalue weighted by molar-refractivity contribution is 5.88. The Morgan fingerprint density at radius 3 is 2.44 bits per heavy atom. The van der Waals surface area contributed by atoms with Crippen LogP contribution in [-0.2, 0) is 9.59 Å². The van der Waals surface area contributed by atoms with Gasteiger partial charge in [-0.2, -0.15) is 0 Å². The zero-order valence-electron chi connectivity index (χ0n) is 11.5. The van der Waals surface area contributed by atoms with Gasteiger partial charge in [-0.3, -0.25) is 9.59 Å². The largest absolute Gasteiger partial charge is 0.357 e. The number of carbonyl (C=O) groups excluding carboxylic acids is 2. The van der Waals surface area contributed by atoms with Gasteiger partial charge in [-0.05, 0) is 25.2 Å². The van der Waals surface area contributed by atoms with Crippen molar-refractivity contribution < 1.29 is 9.59 Å². The maximum atomic E-state index is 12.1. The summed E-state index contributed by atoms with van der Waals surface area (Å²) in [7, 11) is 1.59. The third kappa shape index (κ3) is 3.98. The molecule has 0 aromatic rings. The van der Waals surface area contributed by atoms with Crippen molar-refractivity contribution in [3.63, 3.8) is 0 Å². The van der Waals surface area contributed by atoms with Gasteiger partial charge in [0.25, 0.3) is 0 Å². The van der Waals surface area contributed by atoms with E-state index in [1.165, 1.54) is 0 Å². The molecule has 4 N–H and O–H groups in total. The lowest BCUT2D eigenvalue weighted by atomic mass is 9.99. The fraction of sp³-hybridized carbons (Fsp3) is 0.846. The monoisotopic (exact) mass is 255 g/mol. The van der Waals surface area contributed by atoms with Gasteiger partial charge in [0.15, 0.2) is 0 Å². The van der Waals surface area contributed by atoms with Crippen LogP contribution in [0.2, 0.25) is 0 Å². The van der Waals surface area contributed by atoms with Crippen molar-refractivity contribution in [2.24, 2.45) is 17.6 Å². The smallest absolute Gasteiger partial charge is 0.242 e. The Morgan fingerprint density at radius 1 is 1.33 bits per heavy atom. The molecule has 2 amide bonds. The van der Waals surface area contributed by atoms with Crippen molar-refractivity contribution >= 4 is 11.8 Å². The van der Waals surface area contributed by atoms with E-state index in [4.69, 9.17) is 5.73 Å². The summed E-state index contributed by atoms with van der Waals surface area (Å²) in [5, 5.41) is 5.43. The topological polar surface area (TPSA) is 84.2 Å². The van der Waals surface area contributed by atoms with Gasteiger partial charge in [0.05, 0.1) is 5.92 Å². The van der Waals surface area contributed by atoms with E-state index in [-0.39, 0.29) is 23.8 Å². The van der Waals surface area contributed by atoms with Gasteiger partial charge in [0.2, 0.25) is 11.8 Å². The minimum absolute atomic E-state index is 0.0608. The van der Waals surface area contributed by atoms with Crippen molar-refractivity contribution in [2.75, 3.05) is 7.05 Å². The lowest BCUT2D eigenvalue weighted by Crippen LogP contribution is -2.50. The van der Waals surface area contributed by atoms with Crippen LogP contribution < -0.4 is 16.4 Å². The molecule has 1 aliphatic rings. The Labute approximate surface area is 109 Å². The molecule has 3 atom stereocenters. The number of hydrogen-bond donors (Lipinski definition) is 3. The van der Waals surface area contributed by atoms with Gasteiger partial charge in [-0.15, -0.1) is 0 Å². The van der Waals surface area contributed by atoms with Gasteiger partial charge in [-0.1, -0.05) is 20.3 Å². The van der Waals surface area contributed by atoms with Gasteiger partial charge in [0, 0.05) is 13.1 Å². The van der Waals surface area contributed by atoms with Crippen LogP contribution in [0, 0.1) is 11.8 Å². The zero-order chi connectivity index (χ0) is 13.7. The summed E-state index contributed by atoms with van der Waals surface area (Å²) in [6.45, 7) is 4.06. The van der Waals surface area contributed by atoms with Crippen LogP contribution >= 0.6 is 0 Å². The Kier molecular flexibility index (Phi) is 5.59. The predicted octanol–water partition coefficient (Wildman–Crippen LogP) is 0.391. The molecule has 0 heterocycles. The standard InChI is InChI=1S/C13H25N3O2/c1-8(2)7-11(13(18)15-3)16-12(17)9-5-4-6-10(9)14/h8-11H,4-7,14H2,1-3H3,(H,15,18)(H,16,17). The number of carbonyl (C=O) groups is 2. The first-order valence-corrected chi connectivity index (χ1v) is 6.73. The summed E-state index contributed by atoms with van der Waals surface area (Å²) < 4.78 is 0. The first kappa shape index (κ1) is 15.0. The average molecular weight is 255 g/mol. The highest BCUT2D eigenvalue weighted by atomic mass is 16.2. The van der Waals surface area contributed by atoms with E-state index >= 15 is 0 Å². The van der Waals surface area contributed by atoms with E-state index in [0.29, 0.717) is 12.3 Å². The first-order valence-electron chi connectivity index (χ1n) is 6.73. The van der Waals surface area contributed by atoms with Gasteiger partial charge >= 0.3 is 0 Å². The lowest BCUT2D eigenvalue weighted by molar-refractivity contribution is -0.131. The number of hydrogen-bond acceptors (Lipinski definition) is 3. The van der Waals surface area contributed by atoms with Crippen molar-refractivity contribution in [1.82, 2.24) is 10.6 Å². The van der Waals surface area contributed by atoms with Gasteiger partial charge < -0.3 is 16.4 Å². The second-order valence-corrected chi connectivity index (χ2v) is 5.51. The number of nitrogens with two attached hydrogens (primary N) is 1. The predicted molar refractivity (Wildman–Crippen MR) is 70.8 cm³/mol. The summed E-state index contributed by atoms with van der Waals surface area (Å²) in [5.74, 6) is 0.00652. The molecular formula is C13H25N3O2. The molecule has 0 aromatic heterocycles. The SMILES string of the molecule is CNC(=O)C(CC(C)C)NC(=O)C1CCCC1N. The molecule has 0 aliphatic heterocycles. The van der Waals surface area contributed by atoms with Crippen LogP contribution in [-0.4, -0.2) is 30.9 Å². The Bertz CT molecular complexity index is 305. The van der Waals surface area contributed by atoms with E-state index in [2.05, 4.69) is 10.6 Å². The second kappa shape index (κ2) is 6.73. The summed E-state index contributed by atoms with van der Waals surface area (Å²) in [4.78, 5) is 23.8. The highest BCUT2D eigenvalue weighted by Gasteiger charge is 2.32. The molecule has 1 rings (SSSR count). The zero-order valence-corrected chi connectivity index (χ0v) is 11.5. The van der Waals surface area contributed by atoms with Crippen LogP contribution in [0.3, 0.4) is 0 Å². The van der Waals surface area contributed by atoms with E-state index in [1.54, 1.807) is 7.05 Å². The molecule has 0 bridgehead atoms. The fourth-order valence-corrected chi connectivity index (χ4v) is 2.47. The third-order valence-corrected chi connectivity index (χ3v) is 3.49. The van der Waals surface area contributed by atoms with Gasteiger partial charge in [-0.25, -0.2) is 0 Å². The third-order valence-electron chi connectivity index (χ3n) is 3.49. The van der Waals surface area contributed by atoms with E-state index < -0.39 is 6.04 Å². The molecular weight excluding hydrogens is 230 g/mol. The molecule has 1 saturated carbocycles. The summed E-state index contributed by atoms with van der Waals surface area (Å²) in [6, 6.07) is -0.510. The average Bonchev–Trinajstić information content (AvgIpc) is 2.73. The van der Waals surface area contributed by atoms with E-state index in [9.17, 15) is 9.59 Å². The van der Waals surface area contributed by atoms with Crippen LogP contribution in [0.5, 0.6) is 0 Å². The second-order valence-electron chi connectivity index (χ2n) is 5.51. The first-order chi connectivity index (χ1) is 8.45. The normalized spacial score (nSPS) is 24.9. The minimum atomic E-state index is -0.449. The Balaban J connectivity index is 2.59. The number of amides is 2. The number of nitrogens with one attached hydrogen (secondary N) is 2. The fourth-order valence-electron chi connectivity index (χ4n) is 2.47. The highest BCUT2D eigenvalue weighted by Crippen LogP contribution is 2.24. The van der Waals surface area contributed by atoms with Crippen molar-refractivity contribution in [1.29, 1.82) is 0 Å². The maximum Gasteiger partial charge on any atom is 0.242 e. The molecule has 0 aromatic carbocycles. The number of likely N-dealkylation sites (N-methyl/N-ethyl adjacent to an activating group) is 1. The Morgan fingerprint density at radius 2 is 2.00 bits per heavy atom. The van der Waals surface area contributed by atoms with Crippen molar-refractivity contribution in [2.45, 2.75) is 51.6 Å². The molecule has 0 spiro atoms. The maximum absolute atomic E-state index is 12.1. The molecule has 5 nitrogen and oxygen atoms in total. The molecule has 0 saturated heterocycles. The summed E-state index contributed by atoms with van der Waals surface area (Å²) in [5.41, 5.74) is 5.90. The molecule has 18 heavy (non-hydrogen) atoms. The molecule has 3 unspecified atom stereocenters. The van der Waals surface area contributed by atoms with Crippen LogP contribution in [0.4, 0.5) is 0 Å². The summed E-state index contributed by atoms with van der Waals surface area (Å²) >= 11 is 0. The number of rotatable bonds is 5. The van der Waals surface area contributed by atoms with E-state index in [0.717, 1.165) is 19.3 Å². The van der Waals surface area contributed by atoms with E-state index in [1.807, 2.05) is 13.8 Å². The molecule has 0 radical (unpaired) electrons. The van der Waals surface area contributed by atoms with Crippen LogP contribution in [0.1, 0.15) is 39.5 Å². The van der Waals surface area contributed by atoms with Crippen LogP contribution in [0.15, 0.2) is 0 Å². The molecule has 104 valence electrons. The quantitative estimate of drug-likeness (QED) is 0.664. The molecule has 5 heteroatoms. The van der Waals surface area contributed by atoms with Crippen molar-refractivity contribution in [3.8, 4) is 0 Å². The minimum Gasteiger partial charge on any atom is -0.357 e. The lowest BCUT2D eigenvalue weighted by Gasteiger charge is -2.22.